The fourth-order valence-corrected chi connectivity index (χ4v) is 1.63. The first-order valence-corrected chi connectivity index (χ1v) is 5.93. The molecule has 1 N–H and O–H groups in total. The third kappa shape index (κ3) is 3.41. The van der Waals surface area contributed by atoms with Gasteiger partial charge >= 0.3 is 5.97 Å². The number of nitrogens with one attached hydrogen (secondary N) is 1. The zero-order chi connectivity index (χ0) is 14.5. The number of hydrogen-bond donors (Lipinski definition) is 1. The molecule has 0 unspecified atom stereocenters. The van der Waals surface area contributed by atoms with E-state index in [0.29, 0.717) is 5.69 Å². The molecule has 1 aromatic carbocycles. The number of methoxy groups -OCH3 is 1. The van der Waals surface area contributed by atoms with Crippen molar-refractivity contribution in [2.45, 2.75) is 13.5 Å². The summed E-state index contributed by atoms with van der Waals surface area (Å²) in [5.41, 5.74) is 1.76. The summed E-state index contributed by atoms with van der Waals surface area (Å²) in [7, 11) is 1.24. The van der Waals surface area contributed by atoms with Crippen molar-refractivity contribution in [3.05, 3.63) is 42.0 Å². The quantitative estimate of drug-likeness (QED) is 0.841. The molecule has 1 amide bonds. The molecule has 0 radical (unpaired) electrons. The maximum atomic E-state index is 11.8. The van der Waals surface area contributed by atoms with Crippen LogP contribution in [0.5, 0.6) is 0 Å². The van der Waals surface area contributed by atoms with Crippen molar-refractivity contribution in [3.63, 3.8) is 0 Å². The lowest BCUT2D eigenvalue weighted by Crippen LogP contribution is -2.19. The van der Waals surface area contributed by atoms with Crippen LogP contribution in [-0.4, -0.2) is 33.8 Å². The summed E-state index contributed by atoms with van der Waals surface area (Å²) in [6.45, 7) is 1.91. The number of esters is 1. The fourth-order valence-electron chi connectivity index (χ4n) is 1.63. The van der Waals surface area contributed by atoms with Crippen molar-refractivity contribution in [1.82, 2.24) is 14.8 Å². The zero-order valence-corrected chi connectivity index (χ0v) is 11.2. The van der Waals surface area contributed by atoms with E-state index in [1.807, 2.05) is 25.1 Å². The van der Waals surface area contributed by atoms with Gasteiger partial charge in [0.15, 0.2) is 0 Å². The summed E-state index contributed by atoms with van der Waals surface area (Å²) in [4.78, 5) is 26.8. The van der Waals surface area contributed by atoms with E-state index < -0.39 is 5.97 Å². The smallest absolute Gasteiger partial charge is 0.377 e. The Morgan fingerprint density at radius 1 is 1.40 bits per heavy atom. The summed E-state index contributed by atoms with van der Waals surface area (Å²) in [5.74, 6) is -0.962. The van der Waals surface area contributed by atoms with Crippen molar-refractivity contribution in [3.8, 4) is 0 Å². The second-order valence-corrected chi connectivity index (χ2v) is 4.17. The van der Waals surface area contributed by atoms with E-state index in [4.69, 9.17) is 0 Å². The van der Waals surface area contributed by atoms with Crippen LogP contribution in [0.1, 0.15) is 16.2 Å². The Balaban J connectivity index is 1.98. The van der Waals surface area contributed by atoms with E-state index in [0.717, 1.165) is 5.56 Å². The molecule has 0 bridgehead atoms. The zero-order valence-electron chi connectivity index (χ0n) is 11.2. The molecule has 0 saturated heterocycles. The number of aryl methyl sites for hydroxylation is 1. The second-order valence-electron chi connectivity index (χ2n) is 4.17. The maximum absolute atomic E-state index is 11.8. The molecule has 104 valence electrons. The molecule has 20 heavy (non-hydrogen) atoms. The van der Waals surface area contributed by atoms with Gasteiger partial charge < -0.3 is 10.1 Å². The lowest BCUT2D eigenvalue weighted by molar-refractivity contribution is -0.116. The third-order valence-corrected chi connectivity index (χ3v) is 2.51. The van der Waals surface area contributed by atoms with Gasteiger partial charge in [0.1, 0.15) is 12.9 Å². The van der Waals surface area contributed by atoms with Crippen LogP contribution in [0.25, 0.3) is 0 Å². The standard InChI is InChI=1S/C13H14N4O3/c1-9-4-3-5-10(6-9)15-11(18)7-17-8-14-12(16-17)13(19)20-2/h3-6,8H,7H2,1-2H3,(H,15,18). The number of carbonyl (C=O) groups excluding carboxylic acids is 2. The summed E-state index contributed by atoms with van der Waals surface area (Å²) in [5, 5.41) is 6.59. The van der Waals surface area contributed by atoms with Crippen LogP contribution in [0.2, 0.25) is 0 Å². The summed E-state index contributed by atoms with van der Waals surface area (Å²) in [6, 6.07) is 7.46. The lowest BCUT2D eigenvalue weighted by atomic mass is 10.2. The van der Waals surface area contributed by atoms with Crippen LogP contribution in [0, 0.1) is 6.92 Å². The number of aromatic nitrogens is 3. The van der Waals surface area contributed by atoms with E-state index in [2.05, 4.69) is 20.1 Å². The molecular formula is C13H14N4O3. The number of nitrogens with zero attached hydrogens (tertiary/aromatic N) is 3. The minimum atomic E-state index is -0.636. The van der Waals surface area contributed by atoms with Crippen LogP contribution >= 0.6 is 0 Å². The topological polar surface area (TPSA) is 86.1 Å². The van der Waals surface area contributed by atoms with Crippen LogP contribution in [0.4, 0.5) is 5.69 Å². The third-order valence-electron chi connectivity index (χ3n) is 2.51. The lowest BCUT2D eigenvalue weighted by Gasteiger charge is -2.05. The number of anilines is 1. The highest BCUT2D eigenvalue weighted by Crippen LogP contribution is 2.09. The minimum absolute atomic E-state index is 0.0298. The molecule has 0 aliphatic rings. The molecule has 7 heteroatoms. The Bertz CT molecular complexity index is 636. The van der Waals surface area contributed by atoms with Gasteiger partial charge in [-0.1, -0.05) is 12.1 Å². The van der Waals surface area contributed by atoms with Gasteiger partial charge in [0, 0.05) is 5.69 Å². The Morgan fingerprint density at radius 3 is 2.90 bits per heavy atom. The summed E-state index contributed by atoms with van der Waals surface area (Å²) in [6.07, 6.45) is 1.31. The van der Waals surface area contributed by atoms with Crippen molar-refractivity contribution >= 4 is 17.6 Å². The van der Waals surface area contributed by atoms with Crippen molar-refractivity contribution in [1.29, 1.82) is 0 Å². The molecule has 7 nitrogen and oxygen atoms in total. The largest absolute Gasteiger partial charge is 0.463 e. The first kappa shape index (κ1) is 13.7. The van der Waals surface area contributed by atoms with Gasteiger partial charge in [0.25, 0.3) is 5.82 Å². The van der Waals surface area contributed by atoms with Crippen molar-refractivity contribution in [2.75, 3.05) is 12.4 Å². The molecule has 0 fully saturated rings. The normalized spacial score (nSPS) is 10.1. The van der Waals surface area contributed by atoms with Gasteiger partial charge in [0.05, 0.1) is 7.11 Å². The predicted octanol–water partition coefficient (Wildman–Crippen LogP) is 1.01. The Labute approximate surface area is 115 Å². The molecule has 0 saturated carbocycles. The van der Waals surface area contributed by atoms with Gasteiger partial charge in [-0.3, -0.25) is 4.79 Å². The average molecular weight is 274 g/mol. The monoisotopic (exact) mass is 274 g/mol. The molecule has 0 aliphatic heterocycles. The summed E-state index contributed by atoms with van der Waals surface area (Å²) < 4.78 is 5.76. The molecule has 1 aromatic heterocycles. The molecule has 2 aromatic rings. The predicted molar refractivity (Wildman–Crippen MR) is 71.2 cm³/mol. The van der Waals surface area contributed by atoms with E-state index in [-0.39, 0.29) is 18.3 Å². The first-order chi connectivity index (χ1) is 9.58. The van der Waals surface area contributed by atoms with Gasteiger partial charge in [0.2, 0.25) is 5.91 Å². The van der Waals surface area contributed by atoms with Crippen LogP contribution < -0.4 is 5.32 Å². The number of amides is 1. The fraction of sp³-hybridized carbons (Fsp3) is 0.231. The highest BCUT2D eigenvalue weighted by atomic mass is 16.5. The SMILES string of the molecule is COC(=O)c1ncn(CC(=O)Nc2cccc(C)c2)n1. The Hall–Kier alpha value is -2.70. The number of rotatable bonds is 4. The number of ether oxygens (including phenoxy) is 1. The minimum Gasteiger partial charge on any atom is -0.463 e. The van der Waals surface area contributed by atoms with Crippen molar-refractivity contribution in [2.24, 2.45) is 0 Å². The molecular weight excluding hydrogens is 260 g/mol. The van der Waals surface area contributed by atoms with Gasteiger partial charge in [-0.25, -0.2) is 14.5 Å². The van der Waals surface area contributed by atoms with Gasteiger partial charge in [-0.2, -0.15) is 0 Å². The maximum Gasteiger partial charge on any atom is 0.377 e. The van der Waals surface area contributed by atoms with E-state index in [1.54, 1.807) is 6.07 Å². The van der Waals surface area contributed by atoms with Crippen LogP contribution in [0.15, 0.2) is 30.6 Å². The average Bonchev–Trinajstić information content (AvgIpc) is 2.86. The van der Waals surface area contributed by atoms with Gasteiger partial charge in [-0.15, -0.1) is 5.10 Å². The highest BCUT2D eigenvalue weighted by molar-refractivity contribution is 5.90. The summed E-state index contributed by atoms with van der Waals surface area (Å²) >= 11 is 0. The second kappa shape index (κ2) is 5.96. The molecule has 1 heterocycles. The molecule has 0 aliphatic carbocycles. The highest BCUT2D eigenvalue weighted by Gasteiger charge is 2.12. The Morgan fingerprint density at radius 2 is 2.20 bits per heavy atom. The number of carbonyl (C=O) groups is 2. The van der Waals surface area contributed by atoms with Crippen LogP contribution in [0.3, 0.4) is 0 Å². The van der Waals surface area contributed by atoms with E-state index >= 15 is 0 Å². The van der Waals surface area contributed by atoms with Crippen LogP contribution in [-0.2, 0) is 16.1 Å². The van der Waals surface area contributed by atoms with Crippen molar-refractivity contribution < 1.29 is 14.3 Å². The van der Waals surface area contributed by atoms with E-state index in [1.165, 1.54) is 18.1 Å². The first-order valence-electron chi connectivity index (χ1n) is 5.93. The molecule has 0 spiro atoms. The molecule has 2 rings (SSSR count). The van der Waals surface area contributed by atoms with Gasteiger partial charge in [-0.05, 0) is 24.6 Å². The Kier molecular flexibility index (Phi) is 4.09. The number of benzene rings is 1. The number of hydrogen-bond acceptors (Lipinski definition) is 5. The van der Waals surface area contributed by atoms with E-state index in [9.17, 15) is 9.59 Å². The molecule has 0 atom stereocenters.